The number of rotatable bonds is 9. The second kappa shape index (κ2) is 23.5. The first kappa shape index (κ1) is 62.6. The molecule has 2 saturated heterocycles. The van der Waals surface area contributed by atoms with Crippen LogP contribution in [0.25, 0.3) is 84.9 Å². The van der Waals surface area contributed by atoms with E-state index in [-0.39, 0.29) is 44.6 Å². The molecular formula is C76H60N6O2S12. The molecule has 2 amide bonds. The van der Waals surface area contributed by atoms with E-state index in [9.17, 15) is 30.6 Å². The van der Waals surface area contributed by atoms with Gasteiger partial charge < -0.3 is 0 Å². The summed E-state index contributed by atoms with van der Waals surface area (Å²) in [6.07, 6.45) is 28.8. The van der Waals surface area contributed by atoms with Gasteiger partial charge in [0.15, 0.2) is 0 Å². The number of allylic oxidation sites excluding steroid dienone is 6. The van der Waals surface area contributed by atoms with Gasteiger partial charge in [0.05, 0.1) is 19.2 Å². The van der Waals surface area contributed by atoms with Gasteiger partial charge in [0.2, 0.25) is 0 Å². The van der Waals surface area contributed by atoms with E-state index in [1.54, 1.807) is 88.5 Å². The van der Waals surface area contributed by atoms with Crippen LogP contribution in [0.5, 0.6) is 0 Å². The van der Waals surface area contributed by atoms with Gasteiger partial charge in [-0.05, 0) is 220 Å². The first-order chi connectivity index (χ1) is 46.8. The van der Waals surface area contributed by atoms with Gasteiger partial charge in [-0.25, -0.2) is 0 Å². The molecule has 0 bridgehead atoms. The number of nitriles is 4. The van der Waals surface area contributed by atoms with E-state index >= 15 is 0 Å². The Bertz CT molecular complexity index is 5160. The molecule has 8 aromatic heterocycles. The number of hydrogen-bond donors (Lipinski definition) is 0. The normalized spacial score (nSPS) is 25.1. The average Bonchev–Trinajstić information content (AvgIpc) is 1.50. The topological polar surface area (TPSA) is 136 Å². The maximum absolute atomic E-state index is 13.8. The van der Waals surface area contributed by atoms with Crippen molar-refractivity contribution in [1.82, 2.24) is 9.80 Å². The number of thioether (sulfide) groups is 2. The van der Waals surface area contributed by atoms with Gasteiger partial charge in [-0.15, -0.1) is 90.7 Å². The van der Waals surface area contributed by atoms with Crippen molar-refractivity contribution in [1.29, 1.82) is 21.0 Å². The fourth-order valence-corrected chi connectivity index (χ4v) is 32.7. The summed E-state index contributed by atoms with van der Waals surface area (Å²) in [5.74, 6) is 1.23. The third-order valence-electron chi connectivity index (χ3n) is 23.1. The Labute approximate surface area is 609 Å². The maximum Gasteiger partial charge on any atom is 0.266 e. The molecule has 4 spiro atoms. The summed E-state index contributed by atoms with van der Waals surface area (Å²) in [6.45, 7) is 5.14. The zero-order valence-electron chi connectivity index (χ0n) is 52.6. The number of hydrogen-bond acceptors (Lipinski definition) is 18. The van der Waals surface area contributed by atoms with Crippen LogP contribution in [0.1, 0.15) is 191 Å². The average molecular weight is 1470 g/mol. The summed E-state index contributed by atoms with van der Waals surface area (Å²) in [4.78, 5) is 47.4. The van der Waals surface area contributed by atoms with Crippen molar-refractivity contribution in [2.45, 2.75) is 151 Å². The Hall–Kier alpha value is -5.66. The molecule has 0 aromatic carbocycles. The summed E-state index contributed by atoms with van der Waals surface area (Å²) in [5, 5.41) is 38.6. The Morgan fingerprint density at radius 1 is 0.469 bits per heavy atom. The maximum atomic E-state index is 13.8. The van der Waals surface area contributed by atoms with Gasteiger partial charge in [0.1, 0.15) is 44.1 Å². The molecule has 0 atom stereocenters. The minimum atomic E-state index is -0.149. The van der Waals surface area contributed by atoms with Crippen molar-refractivity contribution in [3.63, 3.8) is 0 Å². The standard InChI is InChI=1S/C76H60N6O2S12/c1-3-81-69(83)55(95-71(81)85)31-45-29-47-63(89-45)57-59(73(47)19-7-5-8-20-73)67-61(65-53(93-67)30-46(90-65)32-56-70(84)82(4-2)72(86)96-56)76(57)25-17-42(18-26-76)41-15-23-74(24-16-41)48-33-51(49-13-11-43(87-49)27-39(35-77)36-78)91-64(48)58-60(74)68-62(75(58)21-9-6-10-22-75)66-54(94-68)34-52(92-66)50-14-12-44(88-50)28-40(37-79)38-80/h11-14,27-34,41-42H,3-10,15-26H2,1-2H3/b55-31-,56-32-. The lowest BCUT2D eigenvalue weighted by Crippen LogP contribution is -2.37. The lowest BCUT2D eigenvalue weighted by atomic mass is 9.58. The van der Waals surface area contributed by atoms with Gasteiger partial charge >= 0.3 is 0 Å². The molecule has 18 rings (SSSR count). The summed E-state index contributed by atoms with van der Waals surface area (Å²) in [7, 11) is 0. The fraction of sp³-hybridized carbons (Fsp3) is 0.368. The molecular weight excluding hydrogens is 1410 g/mol. The van der Waals surface area contributed by atoms with Gasteiger partial charge in [-0.1, -0.05) is 86.5 Å². The monoisotopic (exact) mass is 1470 g/mol. The van der Waals surface area contributed by atoms with Crippen LogP contribution in [-0.2, 0) is 31.2 Å². The van der Waals surface area contributed by atoms with Crippen LogP contribution in [0.15, 0.2) is 69.5 Å². The molecule has 8 aromatic rings. The minimum absolute atomic E-state index is 0.00773. The SMILES string of the molecule is CCN1C(=O)/C(=C/c2cc3c(s2)C2=C(c4sc5cc(/C=C6\SC(=S)N(CC)C6=O)sc5c4C24CCC(C2CCC5(CC2)C2=C(c6sc(-c7ccc(C=C(C#N)C#N)s7)cc65)C5(CCCCC5)c5c2sc2cc(-c6ccc(C=C(C#N)C#N)s6)sc52)CC4)C32CCCCC2)SC1=S. The number of likely N-dealkylation sites (N-methyl/N-ethyl adjacent to an activating group) is 2. The summed E-state index contributed by atoms with van der Waals surface area (Å²) < 4.78 is 6.84. The zero-order chi connectivity index (χ0) is 65.3. The number of fused-ring (bicyclic) bond motifs is 20. The lowest BCUT2D eigenvalue weighted by Gasteiger charge is -2.46. The van der Waals surface area contributed by atoms with Gasteiger partial charge in [0.25, 0.3) is 11.8 Å². The lowest BCUT2D eigenvalue weighted by molar-refractivity contribution is -0.122. The third-order valence-corrected chi connectivity index (χ3v) is 35.4. The number of thiocarbonyl (C=S) groups is 2. The van der Waals surface area contributed by atoms with Crippen molar-refractivity contribution < 1.29 is 9.59 Å². The fourth-order valence-electron chi connectivity index (χ4n) is 19.0. The molecule has 8 nitrogen and oxygen atoms in total. The number of carbonyl (C=O) groups excluding carboxylic acids is 2. The van der Waals surface area contributed by atoms with E-state index in [0.717, 1.165) is 75.8 Å². The van der Waals surface area contributed by atoms with Crippen molar-refractivity contribution >= 4 is 225 Å². The first-order valence-corrected chi connectivity index (χ1v) is 42.5. The molecule has 8 aliphatic carbocycles. The van der Waals surface area contributed by atoms with E-state index in [1.165, 1.54) is 146 Å². The van der Waals surface area contributed by atoms with Crippen molar-refractivity contribution in [3.8, 4) is 43.8 Å². The smallest absolute Gasteiger partial charge is 0.266 e. The first-order valence-electron chi connectivity index (χ1n) is 33.5. The Morgan fingerprint density at radius 3 is 1.41 bits per heavy atom. The summed E-state index contributed by atoms with van der Waals surface area (Å²) >= 11 is 29.5. The Balaban J connectivity index is 0.716. The molecule has 4 saturated carbocycles. The summed E-state index contributed by atoms with van der Waals surface area (Å²) in [5.41, 5.74) is 12.6. The van der Waals surface area contributed by atoms with Crippen LogP contribution in [0.2, 0.25) is 0 Å². The number of thiophene rings is 8. The van der Waals surface area contributed by atoms with Gasteiger partial charge in [-0.3, -0.25) is 19.4 Å². The zero-order valence-corrected chi connectivity index (χ0v) is 62.4. The molecule has 0 N–H and O–H groups in total. The predicted octanol–water partition coefficient (Wildman–Crippen LogP) is 23.0. The van der Waals surface area contributed by atoms with Crippen molar-refractivity contribution in [2.75, 3.05) is 13.1 Å². The molecule has 0 radical (unpaired) electrons. The van der Waals surface area contributed by atoms with Gasteiger partial charge in [-0.2, -0.15) is 21.0 Å². The van der Waals surface area contributed by atoms with Crippen LogP contribution in [0, 0.1) is 57.2 Å². The van der Waals surface area contributed by atoms with Crippen LogP contribution in [-0.4, -0.2) is 43.3 Å². The molecule has 6 fully saturated rings. The highest BCUT2D eigenvalue weighted by Crippen LogP contribution is 2.76. The van der Waals surface area contributed by atoms with Crippen LogP contribution < -0.4 is 0 Å². The second-order valence-electron chi connectivity index (χ2n) is 27.4. The van der Waals surface area contributed by atoms with E-state index in [2.05, 4.69) is 66.8 Å². The van der Waals surface area contributed by atoms with Gasteiger partial charge in [0, 0.05) is 103 Å². The molecule has 2 aliphatic heterocycles. The second-order valence-corrected chi connectivity index (χ2v) is 39.4. The quantitative estimate of drug-likeness (QED) is 0.0780. The largest absolute Gasteiger partial charge is 0.293 e. The van der Waals surface area contributed by atoms with E-state index in [4.69, 9.17) is 24.4 Å². The highest BCUT2D eigenvalue weighted by atomic mass is 32.2. The predicted molar refractivity (Wildman–Crippen MR) is 415 cm³/mol. The number of carbonyl (C=O) groups is 2. The summed E-state index contributed by atoms with van der Waals surface area (Å²) in [6, 6.07) is 26.6. The molecule has 10 aliphatic rings. The Morgan fingerprint density at radius 2 is 0.896 bits per heavy atom. The van der Waals surface area contributed by atoms with Crippen molar-refractivity contribution in [2.24, 2.45) is 11.8 Å². The van der Waals surface area contributed by atoms with Crippen LogP contribution in [0.3, 0.4) is 0 Å². The molecule has 20 heteroatoms. The van der Waals surface area contributed by atoms with Crippen LogP contribution in [0.4, 0.5) is 0 Å². The minimum Gasteiger partial charge on any atom is -0.293 e. The Kier molecular flexibility index (Phi) is 15.3. The van der Waals surface area contributed by atoms with E-state index < -0.39 is 0 Å². The molecule has 10 heterocycles. The molecule has 96 heavy (non-hydrogen) atoms. The highest BCUT2D eigenvalue weighted by molar-refractivity contribution is 8.27. The molecule has 478 valence electrons. The molecule has 0 unspecified atom stereocenters. The number of amides is 2. The van der Waals surface area contributed by atoms with Crippen molar-refractivity contribution in [3.05, 3.63) is 131 Å². The third kappa shape index (κ3) is 9.09. The van der Waals surface area contributed by atoms with E-state index in [0.29, 0.717) is 38.5 Å². The van der Waals surface area contributed by atoms with E-state index in [1.807, 2.05) is 100 Å². The highest BCUT2D eigenvalue weighted by Gasteiger charge is 2.63. The number of nitrogens with zero attached hydrogens (tertiary/aromatic N) is 6. The van der Waals surface area contributed by atoms with Crippen LogP contribution >= 0.6 is 139 Å².